The van der Waals surface area contributed by atoms with E-state index in [1.165, 1.54) is 22.2 Å². The molecule has 3 rings (SSSR count). The molecule has 130 valence electrons. The second-order valence-electron chi connectivity index (χ2n) is 6.04. The Morgan fingerprint density at radius 1 is 1.28 bits per heavy atom. The predicted octanol–water partition coefficient (Wildman–Crippen LogP) is 3.75. The third-order valence-corrected chi connectivity index (χ3v) is 5.44. The Kier molecular flexibility index (Phi) is 4.99. The zero-order chi connectivity index (χ0) is 18.0. The minimum atomic E-state index is -0.113. The number of nitrogens with zero attached hydrogens (tertiary/aromatic N) is 3. The molecule has 25 heavy (non-hydrogen) atoms. The van der Waals surface area contributed by atoms with Crippen molar-refractivity contribution in [1.82, 2.24) is 9.55 Å². The lowest BCUT2D eigenvalue weighted by Crippen LogP contribution is -2.31. The van der Waals surface area contributed by atoms with Gasteiger partial charge in [-0.1, -0.05) is 31.5 Å². The molecule has 0 fully saturated rings. The van der Waals surface area contributed by atoms with Crippen LogP contribution in [0.1, 0.15) is 35.0 Å². The van der Waals surface area contributed by atoms with E-state index in [0.717, 1.165) is 24.1 Å². The lowest BCUT2D eigenvalue weighted by molar-refractivity contribution is 0.0990. The van der Waals surface area contributed by atoms with Gasteiger partial charge in [-0.25, -0.2) is 4.98 Å². The fourth-order valence-electron chi connectivity index (χ4n) is 2.81. The Morgan fingerprint density at radius 2 is 2.00 bits per heavy atom. The summed E-state index contributed by atoms with van der Waals surface area (Å²) in [5, 5.41) is 0.543. The van der Waals surface area contributed by atoms with Crippen molar-refractivity contribution < 1.29 is 4.79 Å². The number of thiophene rings is 1. The summed E-state index contributed by atoms with van der Waals surface area (Å²) in [6.45, 7) is 4.59. The topological polar surface area (TPSA) is 55.2 Å². The molecule has 0 radical (unpaired) electrons. The van der Waals surface area contributed by atoms with Crippen LogP contribution in [0.4, 0.5) is 5.69 Å². The molecule has 0 aliphatic carbocycles. The molecule has 2 aromatic heterocycles. The van der Waals surface area contributed by atoms with Gasteiger partial charge in [0.05, 0.1) is 16.6 Å². The van der Waals surface area contributed by atoms with E-state index in [9.17, 15) is 9.59 Å². The Morgan fingerprint density at radius 3 is 2.68 bits per heavy atom. The smallest absolute Gasteiger partial charge is 0.268 e. The van der Waals surface area contributed by atoms with Crippen LogP contribution in [-0.4, -0.2) is 22.0 Å². The van der Waals surface area contributed by atoms with Crippen LogP contribution in [0.3, 0.4) is 0 Å². The van der Waals surface area contributed by atoms with Crippen LogP contribution in [0.15, 0.2) is 41.5 Å². The molecule has 0 spiro atoms. The van der Waals surface area contributed by atoms with Gasteiger partial charge in [-0.15, -0.1) is 11.3 Å². The van der Waals surface area contributed by atoms with Gasteiger partial charge in [-0.3, -0.25) is 9.59 Å². The van der Waals surface area contributed by atoms with Crippen LogP contribution in [0.25, 0.3) is 10.2 Å². The van der Waals surface area contributed by atoms with Crippen molar-refractivity contribution in [3.8, 4) is 0 Å². The maximum atomic E-state index is 13.2. The van der Waals surface area contributed by atoms with Crippen LogP contribution >= 0.6 is 11.3 Å². The van der Waals surface area contributed by atoms with Gasteiger partial charge in [0.25, 0.3) is 11.5 Å². The summed E-state index contributed by atoms with van der Waals surface area (Å²) >= 11 is 1.30. The second-order valence-corrected chi connectivity index (χ2v) is 7.04. The first-order chi connectivity index (χ1) is 12.0. The minimum absolute atomic E-state index is 0.0674. The maximum Gasteiger partial charge on any atom is 0.268 e. The molecule has 6 heteroatoms. The highest BCUT2D eigenvalue weighted by atomic mass is 32.1. The highest BCUT2D eigenvalue weighted by Gasteiger charge is 2.24. The number of carbonyl (C=O) groups excluding carboxylic acids is 1. The normalized spacial score (nSPS) is 11.0. The van der Waals surface area contributed by atoms with Gasteiger partial charge >= 0.3 is 0 Å². The lowest BCUT2D eigenvalue weighted by Gasteiger charge is -2.22. The Labute approximate surface area is 150 Å². The highest BCUT2D eigenvalue weighted by Crippen LogP contribution is 2.29. The molecule has 2 heterocycles. The first kappa shape index (κ1) is 17.4. The number of rotatable bonds is 5. The molecule has 0 N–H and O–H groups in total. The third kappa shape index (κ3) is 3.22. The van der Waals surface area contributed by atoms with E-state index in [-0.39, 0.29) is 11.5 Å². The van der Waals surface area contributed by atoms with Gasteiger partial charge in [0.2, 0.25) is 0 Å². The summed E-state index contributed by atoms with van der Waals surface area (Å²) in [4.78, 5) is 33.0. The van der Waals surface area contributed by atoms with Gasteiger partial charge in [0, 0.05) is 19.3 Å². The molecule has 1 aromatic carbocycles. The Hall–Kier alpha value is -2.47. The summed E-state index contributed by atoms with van der Waals surface area (Å²) in [6, 6.07) is 9.67. The van der Waals surface area contributed by atoms with Crippen molar-refractivity contribution in [2.24, 2.45) is 7.05 Å². The number of aryl methyl sites for hydroxylation is 2. The molecule has 1 amide bonds. The number of carbonyl (C=O) groups is 1. The van der Waals surface area contributed by atoms with E-state index in [2.05, 4.69) is 11.9 Å². The third-order valence-electron chi connectivity index (χ3n) is 4.25. The number of unbranched alkanes of at least 4 members (excludes halogenated alkanes) is 1. The predicted molar refractivity (Wildman–Crippen MR) is 103 cm³/mol. The molecule has 0 unspecified atom stereocenters. The Balaban J connectivity index is 2.08. The molecular weight excluding hydrogens is 334 g/mol. The molecule has 3 aromatic rings. The fraction of sp³-hybridized carbons (Fsp3) is 0.316. The van der Waals surface area contributed by atoms with E-state index >= 15 is 0 Å². The quantitative estimate of drug-likeness (QED) is 0.700. The fourth-order valence-corrected chi connectivity index (χ4v) is 3.90. The first-order valence-corrected chi connectivity index (χ1v) is 9.18. The molecule has 0 bridgehead atoms. The van der Waals surface area contributed by atoms with Crippen molar-refractivity contribution in [3.05, 3.63) is 57.5 Å². The molecule has 5 nitrogen and oxygen atoms in total. The number of hydrogen-bond acceptors (Lipinski definition) is 4. The molecule has 0 saturated heterocycles. The van der Waals surface area contributed by atoms with Crippen molar-refractivity contribution in [2.75, 3.05) is 11.4 Å². The van der Waals surface area contributed by atoms with Gasteiger partial charge in [0.15, 0.2) is 0 Å². The SMILES string of the molecule is CCCCN(C(=O)c1sc2ncn(C)c(=O)c2c1C)c1ccccc1. The van der Waals surface area contributed by atoms with Crippen molar-refractivity contribution in [3.63, 3.8) is 0 Å². The zero-order valence-electron chi connectivity index (χ0n) is 14.7. The van der Waals surface area contributed by atoms with E-state index in [1.54, 1.807) is 11.9 Å². The number of fused-ring (bicyclic) bond motifs is 1. The molecule has 0 saturated carbocycles. The number of para-hydroxylation sites is 1. The number of hydrogen-bond donors (Lipinski definition) is 0. The van der Waals surface area contributed by atoms with Crippen molar-refractivity contribution in [1.29, 1.82) is 0 Å². The van der Waals surface area contributed by atoms with Gasteiger partial charge in [0.1, 0.15) is 4.83 Å². The maximum absolute atomic E-state index is 13.2. The van der Waals surface area contributed by atoms with E-state index in [4.69, 9.17) is 0 Å². The summed E-state index contributed by atoms with van der Waals surface area (Å²) in [5.41, 5.74) is 1.48. The summed E-state index contributed by atoms with van der Waals surface area (Å²) in [6.07, 6.45) is 3.43. The summed E-state index contributed by atoms with van der Waals surface area (Å²) < 4.78 is 1.45. The number of amides is 1. The average molecular weight is 355 g/mol. The summed E-state index contributed by atoms with van der Waals surface area (Å²) in [5.74, 6) is -0.0674. The Bertz CT molecular complexity index is 960. The van der Waals surface area contributed by atoms with Crippen LogP contribution in [0, 0.1) is 6.92 Å². The minimum Gasteiger partial charge on any atom is -0.308 e. The van der Waals surface area contributed by atoms with Gasteiger partial charge < -0.3 is 9.47 Å². The monoisotopic (exact) mass is 355 g/mol. The molecule has 0 aliphatic heterocycles. The average Bonchev–Trinajstić information content (AvgIpc) is 2.96. The molecular formula is C19H21N3O2S. The van der Waals surface area contributed by atoms with Crippen LogP contribution in [0.5, 0.6) is 0 Å². The summed E-state index contributed by atoms with van der Waals surface area (Å²) in [7, 11) is 1.67. The number of benzene rings is 1. The van der Waals surface area contributed by atoms with Crippen molar-refractivity contribution >= 4 is 33.1 Å². The highest BCUT2D eigenvalue weighted by molar-refractivity contribution is 7.20. The van der Waals surface area contributed by atoms with E-state index < -0.39 is 0 Å². The van der Waals surface area contributed by atoms with Gasteiger partial charge in [-0.2, -0.15) is 0 Å². The van der Waals surface area contributed by atoms with Gasteiger partial charge in [-0.05, 0) is 31.0 Å². The van der Waals surface area contributed by atoms with Crippen LogP contribution < -0.4 is 10.5 Å². The van der Waals surface area contributed by atoms with E-state index in [1.807, 2.05) is 37.3 Å². The standard InChI is InChI=1S/C19H21N3O2S/c1-4-5-11-22(14-9-7-6-8-10-14)19(24)16-13(2)15-17(25-16)20-12-21(3)18(15)23/h6-10,12H,4-5,11H2,1-3H3. The number of aromatic nitrogens is 2. The van der Waals surface area contributed by atoms with Crippen LogP contribution in [0.2, 0.25) is 0 Å². The number of anilines is 1. The molecule has 0 atom stereocenters. The molecule has 0 aliphatic rings. The van der Waals surface area contributed by atoms with Crippen molar-refractivity contribution in [2.45, 2.75) is 26.7 Å². The first-order valence-electron chi connectivity index (χ1n) is 8.36. The van der Waals surface area contributed by atoms with Crippen LogP contribution in [-0.2, 0) is 7.05 Å². The largest absolute Gasteiger partial charge is 0.308 e. The van der Waals surface area contributed by atoms with E-state index in [0.29, 0.717) is 21.6 Å². The lowest BCUT2D eigenvalue weighted by atomic mass is 10.1. The zero-order valence-corrected chi connectivity index (χ0v) is 15.5. The second kappa shape index (κ2) is 7.19.